The lowest BCUT2D eigenvalue weighted by Gasteiger charge is -2.32. The van der Waals surface area contributed by atoms with E-state index < -0.39 is 0 Å². The molecule has 2 N–H and O–H groups in total. The number of aromatic amines is 1. The molecule has 112 valence electrons. The second-order valence-electron chi connectivity index (χ2n) is 5.26. The highest BCUT2D eigenvalue weighted by molar-refractivity contribution is 5.97. The normalized spacial score (nSPS) is 16.5. The van der Waals surface area contributed by atoms with E-state index in [1.165, 1.54) is 0 Å². The van der Waals surface area contributed by atoms with E-state index >= 15 is 0 Å². The third-order valence-electron chi connectivity index (χ3n) is 3.86. The molecule has 1 aromatic heterocycles. The number of fused-ring (bicyclic) bond motifs is 1. The van der Waals surface area contributed by atoms with E-state index in [9.17, 15) is 4.79 Å². The van der Waals surface area contributed by atoms with Crippen LogP contribution in [0.1, 0.15) is 23.2 Å². The zero-order valence-electron chi connectivity index (χ0n) is 11.8. The first-order chi connectivity index (χ1) is 10.3. The lowest BCUT2D eigenvalue weighted by molar-refractivity contribution is -0.00553. The van der Waals surface area contributed by atoms with E-state index in [1.54, 1.807) is 6.20 Å². The first-order valence-electron chi connectivity index (χ1n) is 7.23. The summed E-state index contributed by atoms with van der Waals surface area (Å²) in [6.07, 6.45) is 3.51. The molecule has 0 saturated carbocycles. The fourth-order valence-corrected chi connectivity index (χ4v) is 2.70. The van der Waals surface area contributed by atoms with Gasteiger partial charge in [0.15, 0.2) is 0 Å². The molecule has 0 spiro atoms. The van der Waals surface area contributed by atoms with Crippen molar-refractivity contribution in [1.29, 1.82) is 0 Å². The number of piperidine rings is 1. The molecule has 21 heavy (non-hydrogen) atoms. The van der Waals surface area contributed by atoms with E-state index in [0.29, 0.717) is 25.3 Å². The van der Waals surface area contributed by atoms with Crippen LogP contribution in [-0.4, -0.2) is 58.5 Å². The number of amides is 1. The highest BCUT2D eigenvalue weighted by Gasteiger charge is 2.24. The Labute approximate surface area is 122 Å². The summed E-state index contributed by atoms with van der Waals surface area (Å²) in [5.74, 6) is 0.0544. The molecule has 1 aromatic carbocycles. The number of carbonyl (C=O) groups is 1. The standard InChI is InChI=1S/C15H19N3O3/c19-7-8-21-13-3-5-18(6-4-13)15(20)11-1-2-14-12(9-11)10-16-17-14/h1-2,9-10,13,19H,3-8H2,(H,16,17). The van der Waals surface area contributed by atoms with E-state index in [4.69, 9.17) is 9.84 Å². The monoisotopic (exact) mass is 289 g/mol. The SMILES string of the molecule is O=C(c1ccc2[nH]ncc2c1)N1CCC(OCCO)CC1. The van der Waals surface area contributed by atoms with Gasteiger partial charge in [-0.3, -0.25) is 9.89 Å². The second-order valence-corrected chi connectivity index (χ2v) is 5.26. The Morgan fingerprint density at radius 1 is 1.43 bits per heavy atom. The Morgan fingerprint density at radius 3 is 3.00 bits per heavy atom. The summed E-state index contributed by atoms with van der Waals surface area (Å²) in [7, 11) is 0. The van der Waals surface area contributed by atoms with E-state index in [2.05, 4.69) is 10.2 Å². The van der Waals surface area contributed by atoms with E-state index in [0.717, 1.165) is 23.7 Å². The third-order valence-corrected chi connectivity index (χ3v) is 3.86. The molecule has 6 heteroatoms. The summed E-state index contributed by atoms with van der Waals surface area (Å²) >= 11 is 0. The van der Waals surface area contributed by atoms with E-state index in [1.807, 2.05) is 23.1 Å². The summed E-state index contributed by atoms with van der Waals surface area (Å²) in [4.78, 5) is 14.4. The molecule has 0 bridgehead atoms. The summed E-state index contributed by atoms with van der Waals surface area (Å²) < 4.78 is 5.51. The average molecular weight is 289 g/mol. The number of aliphatic hydroxyl groups excluding tert-OH is 1. The van der Waals surface area contributed by atoms with Crippen LogP contribution in [0.15, 0.2) is 24.4 Å². The lowest BCUT2D eigenvalue weighted by atomic mass is 10.1. The Balaban J connectivity index is 1.63. The van der Waals surface area contributed by atoms with Crippen LogP contribution in [-0.2, 0) is 4.74 Å². The maximum Gasteiger partial charge on any atom is 0.253 e. The van der Waals surface area contributed by atoms with Gasteiger partial charge in [0, 0.05) is 24.0 Å². The molecule has 1 aliphatic heterocycles. The lowest BCUT2D eigenvalue weighted by Crippen LogP contribution is -2.41. The Hall–Kier alpha value is -1.92. The molecule has 0 aliphatic carbocycles. The number of carbonyl (C=O) groups excluding carboxylic acids is 1. The van der Waals surface area contributed by atoms with Gasteiger partial charge in [-0.05, 0) is 31.0 Å². The number of hydrogen-bond donors (Lipinski definition) is 2. The van der Waals surface area contributed by atoms with Gasteiger partial charge in [0.05, 0.1) is 31.0 Å². The molecule has 1 saturated heterocycles. The fourth-order valence-electron chi connectivity index (χ4n) is 2.70. The van der Waals surface area contributed by atoms with Crippen molar-refractivity contribution in [2.75, 3.05) is 26.3 Å². The number of H-pyrrole nitrogens is 1. The Kier molecular flexibility index (Phi) is 4.17. The van der Waals surface area contributed by atoms with Gasteiger partial charge in [-0.15, -0.1) is 0 Å². The van der Waals surface area contributed by atoms with Crippen molar-refractivity contribution in [3.8, 4) is 0 Å². The van der Waals surface area contributed by atoms with Crippen LogP contribution in [0, 0.1) is 0 Å². The molecule has 6 nitrogen and oxygen atoms in total. The number of ether oxygens (including phenoxy) is 1. The number of rotatable bonds is 4. The average Bonchev–Trinajstić information content (AvgIpc) is 3.00. The summed E-state index contributed by atoms with van der Waals surface area (Å²) in [6.45, 7) is 1.80. The van der Waals surface area contributed by atoms with Gasteiger partial charge in [-0.25, -0.2) is 0 Å². The maximum absolute atomic E-state index is 12.5. The van der Waals surface area contributed by atoms with Crippen LogP contribution >= 0.6 is 0 Å². The van der Waals surface area contributed by atoms with Gasteiger partial charge in [0.2, 0.25) is 0 Å². The molecule has 2 heterocycles. The minimum absolute atomic E-state index is 0.0455. The van der Waals surface area contributed by atoms with Crippen molar-refractivity contribution in [3.05, 3.63) is 30.0 Å². The first kappa shape index (κ1) is 14.0. The number of nitrogens with one attached hydrogen (secondary N) is 1. The number of likely N-dealkylation sites (tertiary alicyclic amines) is 1. The van der Waals surface area contributed by atoms with Crippen molar-refractivity contribution < 1.29 is 14.6 Å². The molecule has 2 aromatic rings. The molecule has 1 fully saturated rings. The number of hydrogen-bond acceptors (Lipinski definition) is 4. The topological polar surface area (TPSA) is 78.5 Å². The predicted molar refractivity (Wildman–Crippen MR) is 78.1 cm³/mol. The van der Waals surface area contributed by atoms with Gasteiger partial charge >= 0.3 is 0 Å². The molecule has 3 rings (SSSR count). The van der Waals surface area contributed by atoms with Crippen LogP contribution in [0.25, 0.3) is 10.9 Å². The van der Waals surface area contributed by atoms with Crippen molar-refractivity contribution in [3.63, 3.8) is 0 Å². The zero-order valence-corrected chi connectivity index (χ0v) is 11.8. The van der Waals surface area contributed by atoms with Crippen LogP contribution in [0.5, 0.6) is 0 Å². The number of aromatic nitrogens is 2. The van der Waals surface area contributed by atoms with Gasteiger partial charge in [-0.1, -0.05) is 0 Å². The second kappa shape index (κ2) is 6.24. The first-order valence-corrected chi connectivity index (χ1v) is 7.23. The summed E-state index contributed by atoms with van der Waals surface area (Å²) in [5, 5.41) is 16.5. The maximum atomic E-state index is 12.5. The van der Waals surface area contributed by atoms with Crippen molar-refractivity contribution in [2.45, 2.75) is 18.9 Å². The minimum Gasteiger partial charge on any atom is -0.394 e. The molecule has 1 amide bonds. The zero-order chi connectivity index (χ0) is 14.7. The number of benzene rings is 1. The van der Waals surface area contributed by atoms with Crippen LogP contribution in [0.3, 0.4) is 0 Å². The van der Waals surface area contributed by atoms with E-state index in [-0.39, 0.29) is 18.6 Å². The highest BCUT2D eigenvalue weighted by atomic mass is 16.5. The quantitative estimate of drug-likeness (QED) is 0.886. The number of aliphatic hydroxyl groups is 1. The molecular weight excluding hydrogens is 270 g/mol. The number of nitrogens with zero attached hydrogens (tertiary/aromatic N) is 2. The molecule has 0 atom stereocenters. The summed E-state index contributed by atoms with van der Waals surface area (Å²) in [5.41, 5.74) is 1.63. The molecular formula is C15H19N3O3. The smallest absolute Gasteiger partial charge is 0.253 e. The highest BCUT2D eigenvalue weighted by Crippen LogP contribution is 2.18. The summed E-state index contributed by atoms with van der Waals surface area (Å²) in [6, 6.07) is 5.58. The van der Waals surface area contributed by atoms with Crippen LogP contribution in [0.4, 0.5) is 0 Å². The molecule has 1 aliphatic rings. The fraction of sp³-hybridized carbons (Fsp3) is 0.467. The minimum atomic E-state index is 0.0455. The van der Waals surface area contributed by atoms with Gasteiger partial charge in [0.25, 0.3) is 5.91 Å². The molecule has 0 unspecified atom stereocenters. The largest absolute Gasteiger partial charge is 0.394 e. The van der Waals surface area contributed by atoms with Crippen molar-refractivity contribution in [1.82, 2.24) is 15.1 Å². The molecule has 0 radical (unpaired) electrons. The van der Waals surface area contributed by atoms with Gasteiger partial charge in [0.1, 0.15) is 0 Å². The predicted octanol–water partition coefficient (Wildman–Crippen LogP) is 1.18. The van der Waals surface area contributed by atoms with Crippen LogP contribution in [0.2, 0.25) is 0 Å². The van der Waals surface area contributed by atoms with Crippen molar-refractivity contribution in [2.24, 2.45) is 0 Å². The Bertz CT molecular complexity index is 617. The van der Waals surface area contributed by atoms with Gasteiger partial charge < -0.3 is 14.7 Å². The van der Waals surface area contributed by atoms with Gasteiger partial charge in [-0.2, -0.15) is 5.10 Å². The van der Waals surface area contributed by atoms with Crippen LogP contribution < -0.4 is 0 Å². The Morgan fingerprint density at radius 2 is 2.24 bits per heavy atom. The van der Waals surface area contributed by atoms with Crippen molar-refractivity contribution >= 4 is 16.8 Å². The third kappa shape index (κ3) is 3.06.